The van der Waals surface area contributed by atoms with Gasteiger partial charge in [-0.25, -0.2) is 0 Å². The van der Waals surface area contributed by atoms with Gasteiger partial charge in [0.15, 0.2) is 0 Å². The molecule has 1 N–H and O–H groups in total. The predicted molar refractivity (Wildman–Crippen MR) is 48.2 cm³/mol. The molecule has 0 saturated carbocycles. The molecule has 2 nitrogen and oxygen atoms in total. The summed E-state index contributed by atoms with van der Waals surface area (Å²) in [5, 5.41) is 3.38. The molecular weight excluding hydrogens is 150 g/mol. The molecule has 12 heavy (non-hydrogen) atoms. The zero-order valence-electron chi connectivity index (χ0n) is 7.42. The summed E-state index contributed by atoms with van der Waals surface area (Å²) in [5.41, 5.74) is 2.76. The molecule has 0 radical (unpaired) electrons. The summed E-state index contributed by atoms with van der Waals surface area (Å²) in [5.74, 6) is 0.949. The zero-order chi connectivity index (χ0) is 8.55. The van der Waals surface area contributed by atoms with Crippen LogP contribution in [0.25, 0.3) is 0 Å². The average molecular weight is 163 g/mol. The number of hydrogen-bond acceptors (Lipinski definition) is 2. The van der Waals surface area contributed by atoms with Crippen molar-refractivity contribution in [3.63, 3.8) is 0 Å². The van der Waals surface area contributed by atoms with Crippen molar-refractivity contribution in [2.45, 2.75) is 19.5 Å². The monoisotopic (exact) mass is 163 g/mol. The van der Waals surface area contributed by atoms with Crippen molar-refractivity contribution in [1.29, 1.82) is 0 Å². The number of benzene rings is 1. The molecule has 0 bridgehead atoms. The Balaban J connectivity index is 2.41. The third kappa shape index (κ3) is 1.08. The number of rotatable bonds is 1. The van der Waals surface area contributed by atoms with Gasteiger partial charge in [-0.2, -0.15) is 0 Å². The molecule has 0 aliphatic carbocycles. The molecule has 0 fully saturated rings. The van der Waals surface area contributed by atoms with Crippen LogP contribution < -0.4 is 10.1 Å². The highest BCUT2D eigenvalue weighted by molar-refractivity contribution is 5.39. The molecule has 0 saturated heterocycles. The van der Waals surface area contributed by atoms with E-state index in [9.17, 15) is 0 Å². The van der Waals surface area contributed by atoms with Gasteiger partial charge in [0.25, 0.3) is 0 Å². The van der Waals surface area contributed by atoms with Crippen LogP contribution in [0.15, 0.2) is 18.2 Å². The molecule has 64 valence electrons. The SMILES string of the molecule is COc1ccc2c(c1)CN[C@@H]2C. The number of fused-ring (bicyclic) bond motifs is 1. The number of methoxy groups -OCH3 is 1. The van der Waals surface area contributed by atoms with Crippen LogP contribution in [0.3, 0.4) is 0 Å². The van der Waals surface area contributed by atoms with Gasteiger partial charge in [-0.3, -0.25) is 0 Å². The number of ether oxygens (including phenoxy) is 1. The second kappa shape index (κ2) is 2.79. The van der Waals surface area contributed by atoms with E-state index >= 15 is 0 Å². The second-order valence-corrected chi connectivity index (χ2v) is 3.17. The van der Waals surface area contributed by atoms with Gasteiger partial charge >= 0.3 is 0 Å². The van der Waals surface area contributed by atoms with E-state index in [-0.39, 0.29) is 0 Å². The maximum absolute atomic E-state index is 5.15. The summed E-state index contributed by atoms with van der Waals surface area (Å²) >= 11 is 0. The van der Waals surface area contributed by atoms with Crippen molar-refractivity contribution in [2.75, 3.05) is 7.11 Å². The molecule has 1 aromatic carbocycles. The maximum atomic E-state index is 5.15. The van der Waals surface area contributed by atoms with E-state index in [1.165, 1.54) is 11.1 Å². The average Bonchev–Trinajstić information content (AvgIpc) is 2.47. The smallest absolute Gasteiger partial charge is 0.119 e. The molecule has 1 aliphatic rings. The summed E-state index contributed by atoms with van der Waals surface area (Å²) in [6.45, 7) is 3.14. The Kier molecular flexibility index (Phi) is 1.77. The number of nitrogens with one attached hydrogen (secondary N) is 1. The van der Waals surface area contributed by atoms with Crippen LogP contribution in [0.2, 0.25) is 0 Å². The van der Waals surface area contributed by atoms with Gasteiger partial charge in [0.05, 0.1) is 7.11 Å². The predicted octanol–water partition coefficient (Wildman–Crippen LogP) is 1.86. The first-order valence-corrected chi connectivity index (χ1v) is 4.21. The Morgan fingerprint density at radius 3 is 3.08 bits per heavy atom. The molecule has 1 aliphatic heterocycles. The van der Waals surface area contributed by atoms with Crippen LogP contribution in [0.5, 0.6) is 5.75 Å². The Hall–Kier alpha value is -1.02. The van der Waals surface area contributed by atoms with Gasteiger partial charge in [-0.1, -0.05) is 6.07 Å². The van der Waals surface area contributed by atoms with E-state index < -0.39 is 0 Å². The summed E-state index contributed by atoms with van der Waals surface area (Å²) in [6.07, 6.45) is 0. The van der Waals surface area contributed by atoms with E-state index in [1.807, 2.05) is 6.07 Å². The molecule has 2 rings (SSSR count). The quantitative estimate of drug-likeness (QED) is 0.682. The van der Waals surface area contributed by atoms with Crippen LogP contribution >= 0.6 is 0 Å². The summed E-state index contributed by atoms with van der Waals surface area (Å²) in [7, 11) is 1.70. The lowest BCUT2D eigenvalue weighted by molar-refractivity contribution is 0.414. The molecule has 2 heteroatoms. The highest BCUT2D eigenvalue weighted by Gasteiger charge is 2.17. The Bertz CT molecular complexity index is 296. The van der Waals surface area contributed by atoms with E-state index in [4.69, 9.17) is 4.74 Å². The first-order chi connectivity index (χ1) is 5.81. The Morgan fingerprint density at radius 2 is 2.33 bits per heavy atom. The van der Waals surface area contributed by atoms with Gasteiger partial charge in [0.2, 0.25) is 0 Å². The standard InChI is InChI=1S/C10H13NO/c1-7-10-4-3-9(12-2)5-8(10)6-11-7/h3-5,7,11H,6H2,1-2H3/t7-/m1/s1. The van der Waals surface area contributed by atoms with Gasteiger partial charge < -0.3 is 10.1 Å². The number of hydrogen-bond donors (Lipinski definition) is 1. The van der Waals surface area contributed by atoms with Crippen molar-refractivity contribution in [2.24, 2.45) is 0 Å². The van der Waals surface area contributed by atoms with Crippen molar-refractivity contribution in [3.05, 3.63) is 29.3 Å². The van der Waals surface area contributed by atoms with Crippen LogP contribution in [0, 0.1) is 0 Å². The van der Waals surface area contributed by atoms with Gasteiger partial charge in [0.1, 0.15) is 5.75 Å². The summed E-state index contributed by atoms with van der Waals surface area (Å²) in [4.78, 5) is 0. The molecule has 1 atom stereocenters. The van der Waals surface area contributed by atoms with Gasteiger partial charge in [-0.05, 0) is 30.2 Å². The minimum absolute atomic E-state index is 0.492. The lowest BCUT2D eigenvalue weighted by Crippen LogP contribution is -2.06. The molecule has 0 aromatic heterocycles. The van der Waals surface area contributed by atoms with Crippen molar-refractivity contribution >= 4 is 0 Å². The topological polar surface area (TPSA) is 21.3 Å². The lowest BCUT2D eigenvalue weighted by atomic mass is 10.1. The zero-order valence-corrected chi connectivity index (χ0v) is 7.42. The largest absolute Gasteiger partial charge is 0.497 e. The van der Waals surface area contributed by atoms with Crippen LogP contribution in [0.4, 0.5) is 0 Å². The van der Waals surface area contributed by atoms with Crippen LogP contribution in [-0.4, -0.2) is 7.11 Å². The van der Waals surface area contributed by atoms with E-state index in [1.54, 1.807) is 7.11 Å². The lowest BCUT2D eigenvalue weighted by Gasteiger charge is -2.05. The first kappa shape index (κ1) is 7.62. The fourth-order valence-corrected chi connectivity index (χ4v) is 1.66. The van der Waals surface area contributed by atoms with Crippen LogP contribution in [0.1, 0.15) is 24.1 Å². The normalized spacial score (nSPS) is 20.7. The molecule has 0 amide bonds. The van der Waals surface area contributed by atoms with E-state index in [2.05, 4.69) is 24.4 Å². The highest BCUT2D eigenvalue weighted by atomic mass is 16.5. The third-order valence-corrected chi connectivity index (χ3v) is 2.42. The Morgan fingerprint density at radius 1 is 1.50 bits per heavy atom. The van der Waals surface area contributed by atoms with Gasteiger partial charge in [0, 0.05) is 12.6 Å². The van der Waals surface area contributed by atoms with Crippen molar-refractivity contribution in [1.82, 2.24) is 5.32 Å². The van der Waals surface area contributed by atoms with E-state index in [0.29, 0.717) is 6.04 Å². The molecule has 1 heterocycles. The summed E-state index contributed by atoms with van der Waals surface area (Å²) < 4.78 is 5.15. The maximum Gasteiger partial charge on any atom is 0.119 e. The highest BCUT2D eigenvalue weighted by Crippen LogP contribution is 2.27. The molecular formula is C10H13NO. The molecule has 0 unspecified atom stereocenters. The first-order valence-electron chi connectivity index (χ1n) is 4.21. The van der Waals surface area contributed by atoms with Gasteiger partial charge in [-0.15, -0.1) is 0 Å². The van der Waals surface area contributed by atoms with Crippen molar-refractivity contribution in [3.8, 4) is 5.75 Å². The molecule has 0 spiro atoms. The fraction of sp³-hybridized carbons (Fsp3) is 0.400. The van der Waals surface area contributed by atoms with E-state index in [0.717, 1.165) is 12.3 Å². The summed E-state index contributed by atoms with van der Waals surface area (Å²) in [6, 6.07) is 6.75. The van der Waals surface area contributed by atoms with Crippen LogP contribution in [-0.2, 0) is 6.54 Å². The second-order valence-electron chi connectivity index (χ2n) is 3.17. The third-order valence-electron chi connectivity index (χ3n) is 2.42. The van der Waals surface area contributed by atoms with Crippen molar-refractivity contribution < 1.29 is 4.74 Å². The fourth-order valence-electron chi connectivity index (χ4n) is 1.66. The minimum Gasteiger partial charge on any atom is -0.497 e. The molecule has 1 aromatic rings. The Labute approximate surface area is 72.5 Å². The minimum atomic E-state index is 0.492.